The topological polar surface area (TPSA) is 67.9 Å². The van der Waals surface area contributed by atoms with Gasteiger partial charge in [0.15, 0.2) is 11.5 Å². The predicted molar refractivity (Wildman–Crippen MR) is 62.5 cm³/mol. The number of nitrogens with one attached hydrogen (secondary N) is 1. The van der Waals surface area contributed by atoms with Gasteiger partial charge in [-0.05, 0) is 19.1 Å². The maximum atomic E-state index is 11.6. The van der Waals surface area contributed by atoms with Crippen LogP contribution in [0.4, 0.5) is 5.69 Å². The van der Waals surface area contributed by atoms with E-state index >= 15 is 0 Å². The maximum Gasteiger partial charge on any atom is 0.249 e. The van der Waals surface area contributed by atoms with Crippen molar-refractivity contribution in [3.05, 3.63) is 18.2 Å². The molecule has 3 rings (SSSR count). The second kappa shape index (κ2) is 3.90. The Labute approximate surface area is 103 Å². The molecule has 1 fully saturated rings. The highest BCUT2D eigenvalue weighted by Gasteiger charge is 2.31. The monoisotopic (exact) mass is 248 g/mol. The van der Waals surface area contributed by atoms with Crippen LogP contribution in [0.2, 0.25) is 0 Å². The van der Waals surface area contributed by atoms with E-state index in [-0.39, 0.29) is 31.2 Å². The fourth-order valence-electron chi connectivity index (χ4n) is 2.09. The Bertz CT molecular complexity index is 529. The highest BCUT2D eigenvalue weighted by atomic mass is 16.7. The zero-order valence-corrected chi connectivity index (χ0v) is 9.80. The average Bonchev–Trinajstić information content (AvgIpc) is 2.80. The number of anilines is 1. The molecule has 18 heavy (non-hydrogen) atoms. The Balaban J connectivity index is 1.93. The number of piperazine rings is 1. The molecule has 6 heteroatoms. The summed E-state index contributed by atoms with van der Waals surface area (Å²) in [5.74, 6) is 0.733. The van der Waals surface area contributed by atoms with Crippen molar-refractivity contribution in [1.82, 2.24) is 5.32 Å². The third-order valence-electron chi connectivity index (χ3n) is 3.11. The molecule has 1 saturated heterocycles. The summed E-state index contributed by atoms with van der Waals surface area (Å²) in [6, 6.07) is 4.99. The highest BCUT2D eigenvalue weighted by Crippen LogP contribution is 2.36. The zero-order valence-electron chi connectivity index (χ0n) is 9.80. The van der Waals surface area contributed by atoms with Gasteiger partial charge in [-0.2, -0.15) is 0 Å². The molecule has 1 aromatic rings. The number of rotatable bonds is 1. The van der Waals surface area contributed by atoms with E-state index in [4.69, 9.17) is 9.47 Å². The van der Waals surface area contributed by atoms with Crippen molar-refractivity contribution < 1.29 is 19.1 Å². The van der Waals surface area contributed by atoms with Gasteiger partial charge in [0.1, 0.15) is 6.04 Å². The number of carbonyl (C=O) groups excluding carboxylic acids is 2. The van der Waals surface area contributed by atoms with E-state index in [1.54, 1.807) is 24.0 Å². The lowest BCUT2D eigenvalue weighted by molar-refractivity contribution is -0.132. The number of amides is 2. The number of carbonyl (C=O) groups is 2. The van der Waals surface area contributed by atoms with Crippen molar-refractivity contribution in [1.29, 1.82) is 0 Å². The molecular weight excluding hydrogens is 236 g/mol. The third-order valence-corrected chi connectivity index (χ3v) is 3.11. The minimum atomic E-state index is -0.386. The number of imide groups is 1. The van der Waals surface area contributed by atoms with E-state index in [1.165, 1.54) is 0 Å². The zero-order chi connectivity index (χ0) is 12.7. The molecule has 0 aromatic heterocycles. The minimum absolute atomic E-state index is 0.159. The summed E-state index contributed by atoms with van der Waals surface area (Å²) < 4.78 is 10.5. The maximum absolute atomic E-state index is 11.6. The SMILES string of the molecule is CC1C(=O)NC(=O)CN1c1ccc2c(c1)OCO2. The van der Waals surface area contributed by atoms with E-state index in [1.807, 2.05) is 6.07 Å². The van der Waals surface area contributed by atoms with Crippen molar-refractivity contribution in [2.24, 2.45) is 0 Å². The smallest absolute Gasteiger partial charge is 0.249 e. The molecule has 0 saturated carbocycles. The largest absolute Gasteiger partial charge is 0.454 e. The second-order valence-electron chi connectivity index (χ2n) is 4.25. The normalized spacial score (nSPS) is 22.1. The molecule has 6 nitrogen and oxygen atoms in total. The van der Waals surface area contributed by atoms with Gasteiger partial charge < -0.3 is 14.4 Å². The number of nitrogens with zero attached hydrogens (tertiary/aromatic N) is 1. The number of ether oxygens (including phenoxy) is 2. The number of benzene rings is 1. The van der Waals surface area contributed by atoms with Crippen LogP contribution in [0.1, 0.15) is 6.92 Å². The Morgan fingerprint density at radius 3 is 2.89 bits per heavy atom. The van der Waals surface area contributed by atoms with Gasteiger partial charge in [-0.3, -0.25) is 14.9 Å². The first kappa shape index (κ1) is 10.9. The molecule has 1 unspecified atom stereocenters. The van der Waals surface area contributed by atoms with Gasteiger partial charge in [-0.15, -0.1) is 0 Å². The molecule has 2 heterocycles. The first-order valence-electron chi connectivity index (χ1n) is 5.65. The van der Waals surface area contributed by atoms with E-state index in [9.17, 15) is 9.59 Å². The Morgan fingerprint density at radius 1 is 1.28 bits per heavy atom. The van der Waals surface area contributed by atoms with Crippen LogP contribution < -0.4 is 19.7 Å². The van der Waals surface area contributed by atoms with Gasteiger partial charge in [-0.25, -0.2) is 0 Å². The van der Waals surface area contributed by atoms with Crippen LogP contribution in [0.25, 0.3) is 0 Å². The second-order valence-corrected chi connectivity index (χ2v) is 4.25. The van der Waals surface area contributed by atoms with Crippen LogP contribution in [0.3, 0.4) is 0 Å². The first-order valence-corrected chi connectivity index (χ1v) is 5.65. The summed E-state index contributed by atoms with van der Waals surface area (Å²) >= 11 is 0. The molecule has 94 valence electrons. The van der Waals surface area contributed by atoms with Gasteiger partial charge in [0.2, 0.25) is 18.6 Å². The van der Waals surface area contributed by atoms with Crippen molar-refractivity contribution >= 4 is 17.5 Å². The third kappa shape index (κ3) is 1.66. The molecule has 1 atom stereocenters. The molecule has 0 aliphatic carbocycles. The van der Waals surface area contributed by atoms with Crippen LogP contribution in [0.15, 0.2) is 18.2 Å². The van der Waals surface area contributed by atoms with Crippen molar-refractivity contribution in [3.8, 4) is 11.5 Å². The Morgan fingerprint density at radius 2 is 2.06 bits per heavy atom. The van der Waals surface area contributed by atoms with Gasteiger partial charge in [0.25, 0.3) is 0 Å². The minimum Gasteiger partial charge on any atom is -0.454 e. The van der Waals surface area contributed by atoms with E-state index in [0.717, 1.165) is 5.69 Å². The lowest BCUT2D eigenvalue weighted by Crippen LogP contribution is -2.57. The molecule has 1 N–H and O–H groups in total. The average molecular weight is 248 g/mol. The van der Waals surface area contributed by atoms with Crippen LogP contribution in [-0.4, -0.2) is 31.2 Å². The van der Waals surface area contributed by atoms with Crippen LogP contribution in [0.5, 0.6) is 11.5 Å². The number of hydrogen-bond donors (Lipinski definition) is 1. The highest BCUT2D eigenvalue weighted by molar-refractivity contribution is 6.04. The summed E-state index contributed by atoms with van der Waals surface area (Å²) in [6.45, 7) is 2.12. The molecule has 0 radical (unpaired) electrons. The Kier molecular flexibility index (Phi) is 2.36. The molecule has 1 aromatic carbocycles. The van der Waals surface area contributed by atoms with Crippen LogP contribution in [-0.2, 0) is 9.59 Å². The summed E-state index contributed by atoms with van der Waals surface area (Å²) in [5, 5.41) is 2.31. The number of fused-ring (bicyclic) bond motifs is 1. The first-order chi connectivity index (χ1) is 8.65. The lowest BCUT2D eigenvalue weighted by Gasteiger charge is -2.33. The summed E-state index contributed by atoms with van der Waals surface area (Å²) in [4.78, 5) is 24.7. The van der Waals surface area contributed by atoms with E-state index in [0.29, 0.717) is 11.5 Å². The van der Waals surface area contributed by atoms with Crippen LogP contribution >= 0.6 is 0 Å². The molecule has 0 bridgehead atoms. The Hall–Kier alpha value is -2.24. The predicted octanol–water partition coefficient (Wildman–Crippen LogP) is 0.267. The van der Waals surface area contributed by atoms with E-state index < -0.39 is 0 Å². The standard InChI is InChI=1S/C12H12N2O4/c1-7-12(16)13-11(15)5-14(7)8-2-3-9-10(4-8)18-6-17-9/h2-4,7H,5-6H2,1H3,(H,13,15,16). The molecule has 2 amide bonds. The van der Waals surface area contributed by atoms with Gasteiger partial charge in [0.05, 0.1) is 6.54 Å². The number of hydrogen-bond acceptors (Lipinski definition) is 5. The fourth-order valence-corrected chi connectivity index (χ4v) is 2.09. The van der Waals surface area contributed by atoms with E-state index in [2.05, 4.69) is 5.32 Å². The molecule has 2 aliphatic heterocycles. The van der Waals surface area contributed by atoms with Crippen molar-refractivity contribution in [2.45, 2.75) is 13.0 Å². The molecule has 2 aliphatic rings. The van der Waals surface area contributed by atoms with Gasteiger partial charge in [0, 0.05) is 11.8 Å². The summed E-state index contributed by atoms with van der Waals surface area (Å²) in [7, 11) is 0. The van der Waals surface area contributed by atoms with Gasteiger partial charge in [-0.1, -0.05) is 0 Å². The van der Waals surface area contributed by atoms with Crippen LogP contribution in [0, 0.1) is 0 Å². The fraction of sp³-hybridized carbons (Fsp3) is 0.333. The van der Waals surface area contributed by atoms with Crippen molar-refractivity contribution in [3.63, 3.8) is 0 Å². The summed E-state index contributed by atoms with van der Waals surface area (Å²) in [5.41, 5.74) is 0.773. The van der Waals surface area contributed by atoms with Gasteiger partial charge >= 0.3 is 0 Å². The molecular formula is C12H12N2O4. The summed E-state index contributed by atoms with van der Waals surface area (Å²) in [6.07, 6.45) is 0. The molecule has 0 spiro atoms. The quantitative estimate of drug-likeness (QED) is 0.722. The lowest BCUT2D eigenvalue weighted by atomic mass is 10.1. The van der Waals surface area contributed by atoms with Crippen molar-refractivity contribution in [2.75, 3.05) is 18.2 Å².